The summed E-state index contributed by atoms with van der Waals surface area (Å²) in [5.41, 5.74) is 0. The van der Waals surface area contributed by atoms with E-state index >= 15 is 0 Å². The van der Waals surface area contributed by atoms with Crippen LogP contribution in [0.2, 0.25) is 0 Å². The smallest absolute Gasteiger partial charge is 0.109 e. The standard InChI is InChI=1S/C6H6O3/c7-6(8)4-5-2-1-3-9-5/h1-3H,4H2,(H,7,8)/p-1. The lowest BCUT2D eigenvalue weighted by Crippen LogP contribution is -2.23. The summed E-state index contributed by atoms with van der Waals surface area (Å²) in [5, 5.41) is 9.90. The van der Waals surface area contributed by atoms with Crippen LogP contribution in [0.3, 0.4) is 0 Å². The van der Waals surface area contributed by atoms with E-state index in [-0.39, 0.29) is 6.42 Å². The van der Waals surface area contributed by atoms with Crippen molar-refractivity contribution in [1.82, 2.24) is 0 Å². The summed E-state index contributed by atoms with van der Waals surface area (Å²) in [4.78, 5) is 9.90. The van der Waals surface area contributed by atoms with E-state index in [4.69, 9.17) is 4.42 Å². The first kappa shape index (κ1) is 5.88. The van der Waals surface area contributed by atoms with Gasteiger partial charge in [0.15, 0.2) is 0 Å². The summed E-state index contributed by atoms with van der Waals surface area (Å²) in [5.74, 6) is -0.694. The minimum Gasteiger partial charge on any atom is -0.550 e. The zero-order valence-electron chi connectivity index (χ0n) is 4.66. The monoisotopic (exact) mass is 125 g/mol. The predicted octanol–water partition coefficient (Wildman–Crippen LogP) is -0.428. The van der Waals surface area contributed by atoms with Crippen LogP contribution >= 0.6 is 0 Å². The summed E-state index contributed by atoms with van der Waals surface area (Å²) in [6.07, 6.45) is 1.28. The first-order valence-electron chi connectivity index (χ1n) is 2.51. The number of carboxylic acids is 1. The lowest BCUT2D eigenvalue weighted by molar-refractivity contribution is -0.305. The molecule has 0 saturated heterocycles. The molecule has 0 saturated carbocycles. The molecule has 1 heterocycles. The van der Waals surface area contributed by atoms with Crippen molar-refractivity contribution in [3.63, 3.8) is 0 Å². The molecule has 0 fully saturated rings. The molecule has 48 valence electrons. The van der Waals surface area contributed by atoms with E-state index in [1.54, 1.807) is 12.1 Å². The topological polar surface area (TPSA) is 53.3 Å². The van der Waals surface area contributed by atoms with Gasteiger partial charge in [-0.15, -0.1) is 0 Å². The number of hydrogen-bond acceptors (Lipinski definition) is 3. The normalized spacial score (nSPS) is 9.33. The third-order valence-electron chi connectivity index (χ3n) is 0.899. The molecule has 0 spiro atoms. The van der Waals surface area contributed by atoms with Crippen molar-refractivity contribution in [2.24, 2.45) is 0 Å². The second kappa shape index (κ2) is 2.35. The summed E-state index contributed by atoms with van der Waals surface area (Å²) in [6, 6.07) is 3.23. The van der Waals surface area contributed by atoms with Crippen molar-refractivity contribution in [1.29, 1.82) is 0 Å². The number of carbonyl (C=O) groups excluding carboxylic acids is 1. The Balaban J connectivity index is 2.58. The maximum atomic E-state index is 9.90. The summed E-state index contributed by atoms with van der Waals surface area (Å²) >= 11 is 0. The molecule has 0 amide bonds. The molecule has 0 aromatic carbocycles. The molecular formula is C6H5O3-. The summed E-state index contributed by atoms with van der Waals surface area (Å²) in [7, 11) is 0. The number of rotatable bonds is 2. The van der Waals surface area contributed by atoms with Crippen molar-refractivity contribution < 1.29 is 14.3 Å². The van der Waals surface area contributed by atoms with E-state index < -0.39 is 5.97 Å². The van der Waals surface area contributed by atoms with Gasteiger partial charge in [0.2, 0.25) is 0 Å². The lowest BCUT2D eigenvalue weighted by atomic mass is 10.3. The SMILES string of the molecule is O=C([O-])Cc1ccco1. The van der Waals surface area contributed by atoms with Crippen LogP contribution in [0.4, 0.5) is 0 Å². The fraction of sp³-hybridized carbons (Fsp3) is 0.167. The molecule has 3 nitrogen and oxygen atoms in total. The van der Waals surface area contributed by atoms with Crippen LogP contribution in [0, 0.1) is 0 Å². The Morgan fingerprint density at radius 1 is 1.78 bits per heavy atom. The van der Waals surface area contributed by atoms with Crippen LogP contribution in [-0.2, 0) is 11.2 Å². The first-order chi connectivity index (χ1) is 4.29. The van der Waals surface area contributed by atoms with Crippen molar-refractivity contribution >= 4 is 5.97 Å². The average Bonchev–Trinajstić information content (AvgIpc) is 2.15. The number of hydrogen-bond donors (Lipinski definition) is 0. The zero-order valence-corrected chi connectivity index (χ0v) is 4.66. The highest BCUT2D eigenvalue weighted by atomic mass is 16.4. The van der Waals surface area contributed by atoms with E-state index in [2.05, 4.69) is 0 Å². The van der Waals surface area contributed by atoms with Gasteiger partial charge in [0.05, 0.1) is 6.26 Å². The van der Waals surface area contributed by atoms with E-state index in [0.717, 1.165) is 0 Å². The predicted molar refractivity (Wildman–Crippen MR) is 27.4 cm³/mol. The number of furan rings is 1. The van der Waals surface area contributed by atoms with Crippen LogP contribution in [0.5, 0.6) is 0 Å². The quantitative estimate of drug-likeness (QED) is 0.539. The van der Waals surface area contributed by atoms with E-state index in [1.165, 1.54) is 6.26 Å². The van der Waals surface area contributed by atoms with Crippen LogP contribution in [0.15, 0.2) is 22.8 Å². The Labute approximate surface area is 51.9 Å². The Kier molecular flexibility index (Phi) is 1.53. The molecule has 1 aromatic rings. The molecule has 0 bridgehead atoms. The van der Waals surface area contributed by atoms with Gasteiger partial charge in [0.1, 0.15) is 5.76 Å². The molecule has 0 unspecified atom stereocenters. The fourth-order valence-corrected chi connectivity index (χ4v) is 0.555. The molecule has 0 aliphatic carbocycles. The Bertz CT molecular complexity index is 188. The lowest BCUT2D eigenvalue weighted by Gasteiger charge is -1.94. The molecule has 1 rings (SSSR count). The molecule has 0 aliphatic heterocycles. The molecule has 0 aliphatic rings. The highest BCUT2D eigenvalue weighted by Gasteiger charge is 1.92. The van der Waals surface area contributed by atoms with Gasteiger partial charge in [-0.3, -0.25) is 0 Å². The third kappa shape index (κ3) is 1.60. The van der Waals surface area contributed by atoms with E-state index in [0.29, 0.717) is 5.76 Å². The second-order valence-electron chi connectivity index (χ2n) is 1.63. The molecule has 0 N–H and O–H groups in total. The van der Waals surface area contributed by atoms with Crippen molar-refractivity contribution in [3.05, 3.63) is 24.2 Å². The fourth-order valence-electron chi connectivity index (χ4n) is 0.555. The van der Waals surface area contributed by atoms with Gasteiger partial charge in [-0.25, -0.2) is 0 Å². The van der Waals surface area contributed by atoms with Gasteiger partial charge in [-0.05, 0) is 12.1 Å². The van der Waals surface area contributed by atoms with E-state index in [9.17, 15) is 9.90 Å². The van der Waals surface area contributed by atoms with E-state index in [1.807, 2.05) is 0 Å². The molecule has 0 atom stereocenters. The minimum absolute atomic E-state index is 0.146. The van der Waals surface area contributed by atoms with Gasteiger partial charge in [0, 0.05) is 12.4 Å². The number of carboxylic acid groups (broad SMARTS) is 1. The molecule has 3 heteroatoms. The average molecular weight is 125 g/mol. The maximum Gasteiger partial charge on any atom is 0.109 e. The molecular weight excluding hydrogens is 120 g/mol. The molecule has 0 radical (unpaired) electrons. The summed E-state index contributed by atoms with van der Waals surface area (Å²) in [6.45, 7) is 0. The highest BCUT2D eigenvalue weighted by Crippen LogP contribution is 1.98. The van der Waals surface area contributed by atoms with Gasteiger partial charge in [0.25, 0.3) is 0 Å². The van der Waals surface area contributed by atoms with Gasteiger partial charge < -0.3 is 14.3 Å². The van der Waals surface area contributed by atoms with Crippen LogP contribution in [-0.4, -0.2) is 5.97 Å². The van der Waals surface area contributed by atoms with Crippen molar-refractivity contribution in [3.8, 4) is 0 Å². The third-order valence-corrected chi connectivity index (χ3v) is 0.899. The van der Waals surface area contributed by atoms with Crippen LogP contribution in [0.1, 0.15) is 5.76 Å². The molecule has 1 aromatic heterocycles. The number of aliphatic carboxylic acids is 1. The first-order valence-corrected chi connectivity index (χ1v) is 2.51. The summed E-state index contributed by atoms with van der Waals surface area (Å²) < 4.78 is 4.72. The number of carbonyl (C=O) groups is 1. The van der Waals surface area contributed by atoms with Crippen molar-refractivity contribution in [2.75, 3.05) is 0 Å². The largest absolute Gasteiger partial charge is 0.550 e. The maximum absolute atomic E-state index is 9.90. The zero-order chi connectivity index (χ0) is 6.69. The minimum atomic E-state index is -1.12. The Hall–Kier alpha value is -1.25. The van der Waals surface area contributed by atoms with Gasteiger partial charge in [-0.1, -0.05) is 0 Å². The van der Waals surface area contributed by atoms with Gasteiger partial charge >= 0.3 is 0 Å². The second-order valence-corrected chi connectivity index (χ2v) is 1.63. The highest BCUT2D eigenvalue weighted by molar-refractivity contribution is 5.66. The van der Waals surface area contributed by atoms with Crippen molar-refractivity contribution in [2.45, 2.75) is 6.42 Å². The van der Waals surface area contributed by atoms with Gasteiger partial charge in [-0.2, -0.15) is 0 Å². The van der Waals surface area contributed by atoms with Crippen LogP contribution in [0.25, 0.3) is 0 Å². The Morgan fingerprint density at radius 3 is 3.00 bits per heavy atom. The Morgan fingerprint density at radius 2 is 2.56 bits per heavy atom. The molecule has 9 heavy (non-hydrogen) atoms. The van der Waals surface area contributed by atoms with Crippen LogP contribution < -0.4 is 5.11 Å².